The van der Waals surface area contributed by atoms with Crippen LogP contribution in [0, 0.1) is 0 Å². The Bertz CT molecular complexity index is 452. The Morgan fingerprint density at radius 1 is 0.947 bits per heavy atom. The Morgan fingerprint density at radius 2 is 1.63 bits per heavy atom. The molecule has 1 atom stereocenters. The minimum absolute atomic E-state index is 0.0243. The summed E-state index contributed by atoms with van der Waals surface area (Å²) < 4.78 is 0. The van der Waals surface area contributed by atoms with Crippen molar-refractivity contribution in [3.8, 4) is 0 Å². The molecule has 102 valence electrons. The lowest BCUT2D eigenvalue weighted by molar-refractivity contribution is 0.232. The first-order chi connectivity index (χ1) is 9.31. The van der Waals surface area contributed by atoms with Gasteiger partial charge in [0, 0.05) is 12.1 Å². The van der Waals surface area contributed by atoms with Crippen molar-refractivity contribution in [2.75, 3.05) is 0 Å². The summed E-state index contributed by atoms with van der Waals surface area (Å²) >= 11 is 0. The van der Waals surface area contributed by atoms with E-state index in [4.69, 9.17) is 0 Å². The van der Waals surface area contributed by atoms with Crippen molar-refractivity contribution in [1.82, 2.24) is 10.6 Å². The van der Waals surface area contributed by atoms with Gasteiger partial charge in [-0.3, -0.25) is 0 Å². The first-order valence-corrected chi connectivity index (χ1v) is 7.45. The molecule has 19 heavy (non-hydrogen) atoms. The van der Waals surface area contributed by atoms with Crippen LogP contribution >= 0.6 is 0 Å². The third-order valence-electron chi connectivity index (χ3n) is 4.37. The van der Waals surface area contributed by atoms with Gasteiger partial charge in [-0.05, 0) is 43.2 Å². The Hall–Kier alpha value is -1.51. The summed E-state index contributed by atoms with van der Waals surface area (Å²) in [4.78, 5) is 12.0. The highest BCUT2D eigenvalue weighted by Crippen LogP contribution is 2.21. The Kier molecular flexibility index (Phi) is 3.72. The second-order valence-electron chi connectivity index (χ2n) is 5.81. The monoisotopic (exact) mass is 258 g/mol. The molecule has 0 radical (unpaired) electrons. The van der Waals surface area contributed by atoms with Crippen LogP contribution in [0.25, 0.3) is 0 Å². The van der Waals surface area contributed by atoms with Crippen LogP contribution in [0.15, 0.2) is 24.3 Å². The number of carbonyl (C=O) groups excluding carboxylic acids is 1. The van der Waals surface area contributed by atoms with Gasteiger partial charge < -0.3 is 10.6 Å². The molecule has 0 saturated heterocycles. The van der Waals surface area contributed by atoms with Crippen molar-refractivity contribution in [2.45, 2.75) is 57.0 Å². The predicted molar refractivity (Wildman–Crippen MR) is 76.2 cm³/mol. The summed E-state index contributed by atoms with van der Waals surface area (Å²) in [5, 5.41) is 6.24. The predicted octanol–water partition coefficient (Wildman–Crippen LogP) is 2.79. The molecule has 1 fully saturated rings. The Labute approximate surface area is 114 Å². The largest absolute Gasteiger partial charge is 0.335 e. The normalized spacial score (nSPS) is 22.8. The average Bonchev–Trinajstić information content (AvgIpc) is 2.91. The summed E-state index contributed by atoms with van der Waals surface area (Å²) in [6, 6.07) is 9.27. The molecule has 1 unspecified atom stereocenters. The fourth-order valence-electron chi connectivity index (χ4n) is 3.30. The van der Waals surface area contributed by atoms with Crippen molar-refractivity contribution < 1.29 is 4.79 Å². The fraction of sp³-hybridized carbons (Fsp3) is 0.562. The van der Waals surface area contributed by atoms with Crippen LogP contribution in [-0.4, -0.2) is 18.1 Å². The number of rotatable bonds is 2. The van der Waals surface area contributed by atoms with Crippen molar-refractivity contribution in [2.24, 2.45) is 0 Å². The fourth-order valence-corrected chi connectivity index (χ4v) is 3.30. The summed E-state index contributed by atoms with van der Waals surface area (Å²) in [5.41, 5.74) is 2.83. The molecule has 3 heteroatoms. The van der Waals surface area contributed by atoms with E-state index in [-0.39, 0.29) is 12.1 Å². The lowest BCUT2D eigenvalue weighted by atomic mass is 9.88. The van der Waals surface area contributed by atoms with Crippen molar-refractivity contribution in [3.63, 3.8) is 0 Å². The molecule has 3 rings (SSSR count). The van der Waals surface area contributed by atoms with Gasteiger partial charge in [0.15, 0.2) is 0 Å². The number of nitrogens with one attached hydrogen (secondary N) is 2. The van der Waals surface area contributed by atoms with Gasteiger partial charge in [0.2, 0.25) is 0 Å². The molecule has 0 bridgehead atoms. The molecule has 1 aromatic carbocycles. The molecule has 2 aliphatic carbocycles. The number of benzene rings is 1. The van der Waals surface area contributed by atoms with Gasteiger partial charge in [0.25, 0.3) is 0 Å². The molecule has 3 nitrogen and oxygen atoms in total. The summed E-state index contributed by atoms with van der Waals surface area (Å²) in [7, 11) is 0. The van der Waals surface area contributed by atoms with Gasteiger partial charge in [0.05, 0.1) is 0 Å². The van der Waals surface area contributed by atoms with Gasteiger partial charge in [0.1, 0.15) is 0 Å². The average molecular weight is 258 g/mol. The molecule has 1 saturated carbocycles. The maximum Gasteiger partial charge on any atom is 0.315 e. The third kappa shape index (κ3) is 3.09. The van der Waals surface area contributed by atoms with Crippen LogP contribution in [-0.2, 0) is 12.8 Å². The Morgan fingerprint density at radius 3 is 2.42 bits per heavy atom. The summed E-state index contributed by atoms with van der Waals surface area (Å²) in [5.74, 6) is 0. The van der Waals surface area contributed by atoms with Crippen molar-refractivity contribution >= 4 is 6.03 Å². The minimum Gasteiger partial charge on any atom is -0.335 e. The van der Waals surface area contributed by atoms with Gasteiger partial charge in [-0.1, -0.05) is 37.1 Å². The molecule has 0 aromatic heterocycles. The van der Waals surface area contributed by atoms with Crippen LogP contribution in [0.1, 0.15) is 43.2 Å². The van der Waals surface area contributed by atoms with E-state index < -0.39 is 0 Å². The topological polar surface area (TPSA) is 41.1 Å². The molecule has 2 aliphatic rings. The molecule has 0 heterocycles. The third-order valence-corrected chi connectivity index (χ3v) is 4.37. The van der Waals surface area contributed by atoms with Crippen molar-refractivity contribution in [1.29, 1.82) is 0 Å². The molecule has 2 amide bonds. The van der Waals surface area contributed by atoms with Crippen LogP contribution in [0.5, 0.6) is 0 Å². The number of urea groups is 1. The second kappa shape index (κ2) is 5.64. The standard InChI is InChI=1S/C16H22N2O/c19-16(17-14-7-3-4-8-14)18-15-10-9-12-5-1-2-6-13(12)11-15/h1-2,5-6,14-15H,3-4,7-11H2,(H2,17,18,19). The van der Waals surface area contributed by atoms with E-state index >= 15 is 0 Å². The molecular formula is C16H22N2O. The number of aryl methyl sites for hydroxylation is 1. The maximum absolute atomic E-state index is 12.0. The quantitative estimate of drug-likeness (QED) is 0.841. The van der Waals surface area contributed by atoms with Crippen molar-refractivity contribution in [3.05, 3.63) is 35.4 Å². The summed E-state index contributed by atoms with van der Waals surface area (Å²) in [6.45, 7) is 0. The molecular weight excluding hydrogens is 236 g/mol. The molecule has 0 spiro atoms. The minimum atomic E-state index is 0.0243. The number of hydrogen-bond acceptors (Lipinski definition) is 1. The molecule has 2 N–H and O–H groups in total. The van der Waals surface area contributed by atoms with Gasteiger partial charge in [-0.2, -0.15) is 0 Å². The highest BCUT2D eigenvalue weighted by molar-refractivity contribution is 5.74. The summed E-state index contributed by atoms with van der Waals surface area (Å²) in [6.07, 6.45) is 7.87. The zero-order chi connectivity index (χ0) is 13.1. The highest BCUT2D eigenvalue weighted by atomic mass is 16.2. The number of hydrogen-bond donors (Lipinski definition) is 2. The van der Waals surface area contributed by atoms with E-state index in [1.165, 1.54) is 24.0 Å². The first kappa shape index (κ1) is 12.5. The SMILES string of the molecule is O=C(NC1CCCC1)NC1CCc2ccccc2C1. The maximum atomic E-state index is 12.0. The number of fused-ring (bicyclic) bond motifs is 1. The van der Waals surface area contributed by atoms with E-state index in [0.29, 0.717) is 6.04 Å². The lowest BCUT2D eigenvalue weighted by Crippen LogP contribution is -2.47. The van der Waals surface area contributed by atoms with E-state index in [0.717, 1.165) is 32.1 Å². The zero-order valence-corrected chi connectivity index (χ0v) is 11.3. The van der Waals surface area contributed by atoms with E-state index in [1.54, 1.807) is 0 Å². The van der Waals surface area contributed by atoms with Crippen LogP contribution in [0.4, 0.5) is 4.79 Å². The molecule has 1 aromatic rings. The number of carbonyl (C=O) groups is 1. The lowest BCUT2D eigenvalue weighted by Gasteiger charge is -2.26. The molecule has 0 aliphatic heterocycles. The number of amides is 2. The van der Waals surface area contributed by atoms with Gasteiger partial charge in [-0.15, -0.1) is 0 Å². The van der Waals surface area contributed by atoms with E-state index in [9.17, 15) is 4.79 Å². The Balaban J connectivity index is 1.52. The first-order valence-electron chi connectivity index (χ1n) is 7.45. The van der Waals surface area contributed by atoms with Gasteiger partial charge >= 0.3 is 6.03 Å². The smallest absolute Gasteiger partial charge is 0.315 e. The zero-order valence-electron chi connectivity index (χ0n) is 11.3. The van der Waals surface area contributed by atoms with E-state index in [1.807, 2.05) is 0 Å². The van der Waals surface area contributed by atoms with Crippen LogP contribution in [0.3, 0.4) is 0 Å². The second-order valence-corrected chi connectivity index (χ2v) is 5.81. The van der Waals surface area contributed by atoms with Crippen LogP contribution in [0.2, 0.25) is 0 Å². The van der Waals surface area contributed by atoms with Crippen LogP contribution < -0.4 is 10.6 Å². The van der Waals surface area contributed by atoms with E-state index in [2.05, 4.69) is 34.9 Å². The van der Waals surface area contributed by atoms with Gasteiger partial charge in [-0.25, -0.2) is 4.79 Å². The highest BCUT2D eigenvalue weighted by Gasteiger charge is 2.22.